The third-order valence-electron chi connectivity index (χ3n) is 8.68. The Morgan fingerprint density at radius 2 is 1.16 bits per heavy atom. The molecule has 0 bridgehead atoms. The van der Waals surface area contributed by atoms with E-state index in [0.717, 1.165) is 38.0 Å². The monoisotopic (exact) mass is 534 g/mol. The van der Waals surface area contributed by atoms with E-state index in [2.05, 4.69) is 17.4 Å². The van der Waals surface area contributed by atoms with Gasteiger partial charge in [0, 0.05) is 6.54 Å². The molecule has 1 aliphatic rings. The molecule has 1 aromatic rings. The molecule has 0 spiro atoms. The van der Waals surface area contributed by atoms with E-state index in [4.69, 9.17) is 0 Å². The standard InChI is InChI=1S/C32H62N4O2/c1-2-3-4-5-6-7-8-9-10-11-15-18-21-27-31(37)29-36-32(38)35(33-34-36)28-22-19-16-13-12-14-17-20-24-30-25-23-26-30/h30-31,37H,2-29H2,1H3/t31-/m1/s1. The summed E-state index contributed by atoms with van der Waals surface area (Å²) in [6, 6.07) is 0. The minimum atomic E-state index is -0.515. The lowest BCUT2D eigenvalue weighted by atomic mass is 9.81. The van der Waals surface area contributed by atoms with Gasteiger partial charge in [0.1, 0.15) is 0 Å². The van der Waals surface area contributed by atoms with Crippen LogP contribution in [0.25, 0.3) is 0 Å². The van der Waals surface area contributed by atoms with Crippen molar-refractivity contribution in [1.29, 1.82) is 0 Å². The molecule has 1 saturated carbocycles. The highest BCUT2D eigenvalue weighted by atomic mass is 16.3. The Hall–Kier alpha value is -1.17. The number of hydrogen-bond donors (Lipinski definition) is 1. The average Bonchev–Trinajstić information content (AvgIpc) is 3.22. The first-order chi connectivity index (χ1) is 18.7. The van der Waals surface area contributed by atoms with Crippen molar-refractivity contribution in [2.45, 2.75) is 193 Å². The van der Waals surface area contributed by atoms with Crippen LogP contribution >= 0.6 is 0 Å². The van der Waals surface area contributed by atoms with Crippen molar-refractivity contribution in [3.63, 3.8) is 0 Å². The fraction of sp³-hybridized carbons (Fsp3) is 0.969. The molecule has 0 radical (unpaired) electrons. The van der Waals surface area contributed by atoms with Crippen molar-refractivity contribution < 1.29 is 5.11 Å². The maximum Gasteiger partial charge on any atom is 0.363 e. The van der Waals surface area contributed by atoms with E-state index in [1.54, 1.807) is 0 Å². The third kappa shape index (κ3) is 16.1. The van der Waals surface area contributed by atoms with Gasteiger partial charge >= 0.3 is 5.69 Å². The van der Waals surface area contributed by atoms with Crippen LogP contribution in [0.1, 0.15) is 174 Å². The molecular weight excluding hydrogens is 472 g/mol. The van der Waals surface area contributed by atoms with E-state index in [1.807, 2.05) is 0 Å². The second-order valence-corrected chi connectivity index (χ2v) is 12.3. The van der Waals surface area contributed by atoms with Gasteiger partial charge in [0.15, 0.2) is 0 Å². The topological polar surface area (TPSA) is 72.9 Å². The SMILES string of the molecule is CCCCCCCCCCCCCCC[C@@H](O)Cn1nnn(CCCCCCCCCCC2CCC2)c1=O. The van der Waals surface area contributed by atoms with Crippen LogP contribution < -0.4 is 5.69 Å². The van der Waals surface area contributed by atoms with E-state index in [1.165, 1.54) is 144 Å². The molecule has 0 aromatic carbocycles. The number of nitrogens with zero attached hydrogens (tertiary/aromatic N) is 4. The summed E-state index contributed by atoms with van der Waals surface area (Å²) < 4.78 is 2.81. The van der Waals surface area contributed by atoms with Crippen LogP contribution in [-0.4, -0.2) is 31.0 Å². The minimum Gasteiger partial charge on any atom is -0.391 e. The van der Waals surface area contributed by atoms with E-state index >= 15 is 0 Å². The van der Waals surface area contributed by atoms with Gasteiger partial charge in [-0.2, -0.15) is 9.36 Å². The van der Waals surface area contributed by atoms with Gasteiger partial charge in [0.05, 0.1) is 12.6 Å². The Kier molecular flexibility index (Phi) is 19.7. The van der Waals surface area contributed by atoms with Gasteiger partial charge in [-0.1, -0.05) is 161 Å². The maximum atomic E-state index is 12.5. The number of hydrogen-bond acceptors (Lipinski definition) is 4. The van der Waals surface area contributed by atoms with Gasteiger partial charge in [0.2, 0.25) is 0 Å². The molecule has 6 heteroatoms. The van der Waals surface area contributed by atoms with Crippen LogP contribution in [-0.2, 0) is 13.1 Å². The molecule has 0 amide bonds. The molecule has 2 rings (SSSR count). The molecule has 1 aromatic heterocycles. The molecule has 1 heterocycles. The number of aryl methyl sites for hydroxylation is 1. The van der Waals surface area contributed by atoms with Crippen LogP contribution in [0, 0.1) is 5.92 Å². The zero-order chi connectivity index (χ0) is 27.1. The van der Waals surface area contributed by atoms with Crippen molar-refractivity contribution >= 4 is 0 Å². The molecule has 6 nitrogen and oxygen atoms in total. The smallest absolute Gasteiger partial charge is 0.363 e. The number of aliphatic hydroxyl groups excluding tert-OH is 1. The summed E-state index contributed by atoms with van der Waals surface area (Å²) in [6.07, 6.45) is 33.5. The average molecular weight is 535 g/mol. The number of rotatable bonds is 27. The fourth-order valence-electron chi connectivity index (χ4n) is 5.79. The highest BCUT2D eigenvalue weighted by Crippen LogP contribution is 2.31. The zero-order valence-corrected chi connectivity index (χ0v) is 25.1. The molecule has 0 aliphatic heterocycles. The predicted octanol–water partition coefficient (Wildman–Crippen LogP) is 8.59. The summed E-state index contributed by atoms with van der Waals surface area (Å²) in [6.45, 7) is 3.17. The lowest BCUT2D eigenvalue weighted by Crippen LogP contribution is -2.29. The molecule has 1 aliphatic carbocycles. The van der Waals surface area contributed by atoms with E-state index in [0.29, 0.717) is 6.54 Å². The summed E-state index contributed by atoms with van der Waals surface area (Å²) in [5, 5.41) is 18.4. The molecule has 0 unspecified atom stereocenters. The first-order valence-electron chi connectivity index (χ1n) is 16.9. The van der Waals surface area contributed by atoms with Gasteiger partial charge in [-0.15, -0.1) is 0 Å². The third-order valence-corrected chi connectivity index (χ3v) is 8.68. The Labute approximate surface area is 234 Å². The predicted molar refractivity (Wildman–Crippen MR) is 159 cm³/mol. The number of unbranched alkanes of at least 4 members (excludes halogenated alkanes) is 19. The van der Waals surface area contributed by atoms with Crippen LogP contribution in [0.5, 0.6) is 0 Å². The Morgan fingerprint density at radius 1 is 0.684 bits per heavy atom. The molecular formula is C32H62N4O2. The van der Waals surface area contributed by atoms with Gasteiger partial charge < -0.3 is 5.11 Å². The summed E-state index contributed by atoms with van der Waals surface area (Å²) in [5.74, 6) is 1.06. The summed E-state index contributed by atoms with van der Waals surface area (Å²) >= 11 is 0. The van der Waals surface area contributed by atoms with Crippen LogP contribution in [0.2, 0.25) is 0 Å². The van der Waals surface area contributed by atoms with Crippen molar-refractivity contribution in [3.8, 4) is 0 Å². The Bertz CT molecular complexity index is 713. The van der Waals surface area contributed by atoms with Crippen molar-refractivity contribution in [2.75, 3.05) is 0 Å². The highest BCUT2D eigenvalue weighted by molar-refractivity contribution is 4.69. The van der Waals surface area contributed by atoms with Gasteiger partial charge in [-0.05, 0) is 29.2 Å². The highest BCUT2D eigenvalue weighted by Gasteiger charge is 2.16. The quantitative estimate of drug-likeness (QED) is 0.115. The molecule has 38 heavy (non-hydrogen) atoms. The molecule has 0 saturated heterocycles. The lowest BCUT2D eigenvalue weighted by Gasteiger charge is -2.24. The zero-order valence-electron chi connectivity index (χ0n) is 25.1. The first-order valence-corrected chi connectivity index (χ1v) is 16.9. The van der Waals surface area contributed by atoms with Gasteiger partial charge in [-0.3, -0.25) is 0 Å². The number of aliphatic hydroxyl groups is 1. The lowest BCUT2D eigenvalue weighted by molar-refractivity contribution is 0.134. The Balaban J connectivity index is 1.38. The minimum absolute atomic E-state index is 0.180. The number of aromatic nitrogens is 4. The van der Waals surface area contributed by atoms with Crippen molar-refractivity contribution in [2.24, 2.45) is 5.92 Å². The van der Waals surface area contributed by atoms with E-state index in [-0.39, 0.29) is 12.2 Å². The molecule has 222 valence electrons. The normalized spacial score (nSPS) is 14.7. The summed E-state index contributed by atoms with van der Waals surface area (Å²) in [5.41, 5.74) is -0.180. The molecule has 1 N–H and O–H groups in total. The van der Waals surface area contributed by atoms with Gasteiger partial charge in [-0.25, -0.2) is 4.79 Å². The second kappa shape index (κ2) is 22.6. The molecule has 1 atom stereocenters. The largest absolute Gasteiger partial charge is 0.391 e. The maximum absolute atomic E-state index is 12.5. The van der Waals surface area contributed by atoms with E-state index < -0.39 is 6.10 Å². The number of tetrazole rings is 1. The van der Waals surface area contributed by atoms with Gasteiger partial charge in [0.25, 0.3) is 0 Å². The van der Waals surface area contributed by atoms with Crippen molar-refractivity contribution in [3.05, 3.63) is 10.5 Å². The second-order valence-electron chi connectivity index (χ2n) is 12.3. The van der Waals surface area contributed by atoms with E-state index in [9.17, 15) is 9.90 Å². The molecule has 1 fully saturated rings. The fourth-order valence-corrected chi connectivity index (χ4v) is 5.79. The summed E-state index contributed by atoms with van der Waals surface area (Å²) in [7, 11) is 0. The summed E-state index contributed by atoms with van der Waals surface area (Å²) in [4.78, 5) is 12.5. The Morgan fingerprint density at radius 3 is 1.68 bits per heavy atom. The van der Waals surface area contributed by atoms with Crippen molar-refractivity contribution in [1.82, 2.24) is 19.8 Å². The van der Waals surface area contributed by atoms with Crippen LogP contribution in [0.3, 0.4) is 0 Å². The first kappa shape index (κ1) is 33.0. The van der Waals surface area contributed by atoms with Crippen LogP contribution in [0.15, 0.2) is 4.79 Å². The van der Waals surface area contributed by atoms with Crippen LogP contribution in [0.4, 0.5) is 0 Å².